The quantitative estimate of drug-likeness (QED) is 0.454. The van der Waals surface area contributed by atoms with Gasteiger partial charge < -0.3 is 9.88 Å². The van der Waals surface area contributed by atoms with E-state index in [9.17, 15) is 9.18 Å². The number of thioether (sulfide) groups is 1. The van der Waals surface area contributed by atoms with Crippen molar-refractivity contribution in [1.82, 2.24) is 14.8 Å². The maximum absolute atomic E-state index is 14.3. The van der Waals surface area contributed by atoms with Crippen LogP contribution in [0.25, 0.3) is 11.4 Å². The third kappa shape index (κ3) is 5.45. The summed E-state index contributed by atoms with van der Waals surface area (Å²) in [5.41, 5.74) is 2.23. The van der Waals surface area contributed by atoms with Gasteiger partial charge in [-0.3, -0.25) is 4.79 Å². The van der Waals surface area contributed by atoms with Crippen molar-refractivity contribution >= 4 is 39.3 Å². The zero-order valence-electron chi connectivity index (χ0n) is 16.4. The topological polar surface area (TPSA) is 59.8 Å². The Balaban J connectivity index is 1.76. The fourth-order valence-electron chi connectivity index (χ4n) is 2.80. The van der Waals surface area contributed by atoms with Crippen LogP contribution in [0, 0.1) is 18.7 Å². The first-order valence-electron chi connectivity index (χ1n) is 9.22. The molecular weight excluding hydrogens is 455 g/mol. The number of aryl methyl sites for hydroxylation is 1. The lowest BCUT2D eigenvalue weighted by Crippen LogP contribution is -2.15. The van der Waals surface area contributed by atoms with Crippen molar-refractivity contribution < 1.29 is 9.18 Å². The van der Waals surface area contributed by atoms with Crippen molar-refractivity contribution in [2.75, 3.05) is 11.1 Å². The van der Waals surface area contributed by atoms with Gasteiger partial charge >= 0.3 is 0 Å². The van der Waals surface area contributed by atoms with E-state index in [1.807, 2.05) is 29.7 Å². The Morgan fingerprint density at radius 2 is 2.00 bits per heavy atom. The number of hydrogen-bond acceptors (Lipinski definition) is 4. The number of hydrogen-bond donors (Lipinski definition) is 1. The second kappa shape index (κ2) is 9.54. The molecule has 3 aromatic rings. The van der Waals surface area contributed by atoms with E-state index in [0.717, 1.165) is 15.7 Å². The molecule has 29 heavy (non-hydrogen) atoms. The summed E-state index contributed by atoms with van der Waals surface area (Å²) in [4.78, 5) is 12.4. The van der Waals surface area contributed by atoms with Crippen molar-refractivity contribution in [1.29, 1.82) is 0 Å². The summed E-state index contributed by atoms with van der Waals surface area (Å²) in [6, 6.07) is 12.3. The zero-order chi connectivity index (χ0) is 21.0. The highest BCUT2D eigenvalue weighted by atomic mass is 79.9. The molecule has 8 heteroatoms. The Hall–Kier alpha value is -2.19. The van der Waals surface area contributed by atoms with Crippen molar-refractivity contribution in [3.8, 4) is 11.4 Å². The van der Waals surface area contributed by atoms with Crippen LogP contribution in [0.4, 0.5) is 10.1 Å². The summed E-state index contributed by atoms with van der Waals surface area (Å²) in [5, 5.41) is 11.9. The first-order valence-corrected chi connectivity index (χ1v) is 11.0. The molecule has 0 aliphatic heterocycles. The Morgan fingerprint density at radius 3 is 2.69 bits per heavy atom. The lowest BCUT2D eigenvalue weighted by atomic mass is 10.2. The number of nitrogens with one attached hydrogen (secondary N) is 1. The molecule has 1 heterocycles. The molecule has 3 rings (SSSR count). The second-order valence-electron chi connectivity index (χ2n) is 7.11. The van der Waals surface area contributed by atoms with Gasteiger partial charge in [0.1, 0.15) is 5.82 Å². The third-order valence-electron chi connectivity index (χ3n) is 4.11. The highest BCUT2D eigenvalue weighted by molar-refractivity contribution is 9.10. The lowest BCUT2D eigenvalue weighted by Gasteiger charge is -2.13. The number of benzene rings is 2. The Kier molecular flexibility index (Phi) is 7.08. The third-order valence-corrected chi connectivity index (χ3v) is 5.73. The highest BCUT2D eigenvalue weighted by Gasteiger charge is 2.19. The SMILES string of the molecule is Cc1ccc(NC(=O)CSc2nnc(-c3ccccc3F)n2CC(C)C)c(Br)c1. The number of halogens is 2. The van der Waals surface area contributed by atoms with Crippen LogP contribution in [0.1, 0.15) is 19.4 Å². The zero-order valence-corrected chi connectivity index (χ0v) is 18.8. The second-order valence-corrected chi connectivity index (χ2v) is 8.91. The van der Waals surface area contributed by atoms with Crippen LogP contribution in [0.2, 0.25) is 0 Å². The fourth-order valence-corrected chi connectivity index (χ4v) is 4.15. The smallest absolute Gasteiger partial charge is 0.234 e. The van der Waals surface area contributed by atoms with Crippen molar-refractivity contribution in [2.24, 2.45) is 5.92 Å². The Morgan fingerprint density at radius 1 is 1.24 bits per heavy atom. The standard InChI is InChI=1S/C21H22BrFN4OS/c1-13(2)11-27-20(15-6-4-5-7-17(15)23)25-26-21(27)29-12-19(28)24-18-9-8-14(3)10-16(18)22/h4-10,13H,11-12H2,1-3H3,(H,24,28). The van der Waals surface area contributed by atoms with Gasteiger partial charge in [0.05, 0.1) is 17.0 Å². The monoisotopic (exact) mass is 476 g/mol. The summed E-state index contributed by atoms with van der Waals surface area (Å²) < 4.78 is 17.0. The molecule has 0 radical (unpaired) electrons. The number of carbonyl (C=O) groups excluding carboxylic acids is 1. The van der Waals surface area contributed by atoms with Gasteiger partial charge in [0, 0.05) is 11.0 Å². The van der Waals surface area contributed by atoms with E-state index in [-0.39, 0.29) is 17.5 Å². The molecule has 0 saturated heterocycles. The van der Waals surface area contributed by atoms with Crippen molar-refractivity contribution in [3.63, 3.8) is 0 Å². The van der Waals surface area contributed by atoms with Crippen LogP contribution in [-0.4, -0.2) is 26.4 Å². The summed E-state index contributed by atoms with van der Waals surface area (Å²) >= 11 is 4.75. The number of carbonyl (C=O) groups is 1. The van der Waals surface area contributed by atoms with Crippen LogP contribution in [0.3, 0.4) is 0 Å². The molecule has 0 aliphatic rings. The van der Waals surface area contributed by atoms with E-state index in [1.54, 1.807) is 18.2 Å². The summed E-state index contributed by atoms with van der Waals surface area (Å²) in [6.07, 6.45) is 0. The molecule has 5 nitrogen and oxygen atoms in total. The molecule has 2 aromatic carbocycles. The fraction of sp³-hybridized carbons (Fsp3) is 0.286. The van der Waals surface area contributed by atoms with E-state index in [2.05, 4.69) is 45.3 Å². The molecule has 1 aromatic heterocycles. The van der Waals surface area contributed by atoms with E-state index in [4.69, 9.17) is 0 Å². The maximum Gasteiger partial charge on any atom is 0.234 e. The highest BCUT2D eigenvalue weighted by Crippen LogP contribution is 2.28. The van der Waals surface area contributed by atoms with Gasteiger partial charge in [-0.2, -0.15) is 0 Å². The molecule has 0 atom stereocenters. The van der Waals surface area contributed by atoms with Crippen LogP contribution in [-0.2, 0) is 11.3 Å². The predicted molar refractivity (Wildman–Crippen MR) is 118 cm³/mol. The minimum Gasteiger partial charge on any atom is -0.324 e. The molecular formula is C21H22BrFN4OS. The molecule has 0 fully saturated rings. The number of amides is 1. The van der Waals surface area contributed by atoms with Gasteiger partial charge in [-0.25, -0.2) is 4.39 Å². The first kappa shape index (κ1) is 21.5. The van der Waals surface area contributed by atoms with Crippen molar-refractivity contribution in [3.05, 3.63) is 58.3 Å². The van der Waals surface area contributed by atoms with Crippen LogP contribution < -0.4 is 5.32 Å². The van der Waals surface area contributed by atoms with E-state index >= 15 is 0 Å². The minimum absolute atomic E-state index is 0.147. The number of anilines is 1. The van der Waals surface area contributed by atoms with Gasteiger partial charge in [0.25, 0.3) is 0 Å². The number of rotatable bonds is 7. The van der Waals surface area contributed by atoms with Crippen LogP contribution in [0.15, 0.2) is 52.1 Å². The van der Waals surface area contributed by atoms with Gasteiger partial charge in [-0.05, 0) is 58.6 Å². The van der Waals surface area contributed by atoms with Gasteiger partial charge in [0.2, 0.25) is 5.91 Å². The molecule has 0 aliphatic carbocycles. The Bertz CT molecular complexity index is 1020. The molecule has 1 N–H and O–H groups in total. The predicted octanol–water partition coefficient (Wildman–Crippen LogP) is 5.54. The molecule has 152 valence electrons. The maximum atomic E-state index is 14.3. The normalized spacial score (nSPS) is 11.1. The van der Waals surface area contributed by atoms with Crippen molar-refractivity contribution in [2.45, 2.75) is 32.5 Å². The number of nitrogens with zero attached hydrogens (tertiary/aromatic N) is 3. The summed E-state index contributed by atoms with van der Waals surface area (Å²) in [7, 11) is 0. The van der Waals surface area contributed by atoms with E-state index in [0.29, 0.717) is 29.0 Å². The molecule has 0 unspecified atom stereocenters. The lowest BCUT2D eigenvalue weighted by molar-refractivity contribution is -0.113. The first-order chi connectivity index (χ1) is 13.8. The largest absolute Gasteiger partial charge is 0.324 e. The Labute approximate surface area is 182 Å². The van der Waals surface area contributed by atoms with Crippen LogP contribution >= 0.6 is 27.7 Å². The molecule has 0 bridgehead atoms. The van der Waals surface area contributed by atoms with Gasteiger partial charge in [0.15, 0.2) is 11.0 Å². The molecule has 1 amide bonds. The van der Waals surface area contributed by atoms with Crippen LogP contribution in [0.5, 0.6) is 0 Å². The molecule has 0 spiro atoms. The average molecular weight is 477 g/mol. The summed E-state index contributed by atoms with van der Waals surface area (Å²) in [6.45, 7) is 6.76. The summed E-state index contributed by atoms with van der Waals surface area (Å²) in [5.74, 6) is 0.470. The number of aromatic nitrogens is 3. The van der Waals surface area contributed by atoms with E-state index < -0.39 is 0 Å². The van der Waals surface area contributed by atoms with Gasteiger partial charge in [-0.1, -0.05) is 43.8 Å². The van der Waals surface area contributed by atoms with Gasteiger partial charge in [-0.15, -0.1) is 10.2 Å². The average Bonchev–Trinajstić information content (AvgIpc) is 3.04. The van der Waals surface area contributed by atoms with E-state index in [1.165, 1.54) is 17.8 Å². The minimum atomic E-state index is -0.344. The molecule has 0 saturated carbocycles.